The molecule has 0 radical (unpaired) electrons. The first kappa shape index (κ1) is 16.3. The standard InChI is InChI=1S/C13H30N2S/c1-6-9-14-10-7-12(2)15(4)13(3)8-11-16-5/h12-14H,6-11H2,1-5H3. The van der Waals surface area contributed by atoms with Gasteiger partial charge in [0, 0.05) is 12.1 Å². The molecule has 0 spiro atoms. The quantitative estimate of drug-likeness (QED) is 0.597. The molecule has 0 fully saturated rings. The van der Waals surface area contributed by atoms with E-state index in [1.165, 1.54) is 25.0 Å². The summed E-state index contributed by atoms with van der Waals surface area (Å²) in [4.78, 5) is 2.52. The molecule has 2 atom stereocenters. The number of hydrogen-bond donors (Lipinski definition) is 1. The van der Waals surface area contributed by atoms with Crippen LogP contribution in [-0.2, 0) is 0 Å². The van der Waals surface area contributed by atoms with E-state index in [0.29, 0.717) is 12.1 Å². The Labute approximate surface area is 107 Å². The molecule has 1 N–H and O–H groups in total. The van der Waals surface area contributed by atoms with E-state index in [9.17, 15) is 0 Å². The van der Waals surface area contributed by atoms with E-state index < -0.39 is 0 Å². The van der Waals surface area contributed by atoms with Crippen molar-refractivity contribution in [2.24, 2.45) is 0 Å². The van der Waals surface area contributed by atoms with Crippen LogP contribution in [0.3, 0.4) is 0 Å². The average molecular weight is 246 g/mol. The van der Waals surface area contributed by atoms with Crippen LogP contribution in [0.15, 0.2) is 0 Å². The van der Waals surface area contributed by atoms with Gasteiger partial charge in [-0.05, 0) is 65.3 Å². The van der Waals surface area contributed by atoms with Gasteiger partial charge >= 0.3 is 0 Å². The van der Waals surface area contributed by atoms with Crippen LogP contribution < -0.4 is 5.32 Å². The van der Waals surface area contributed by atoms with E-state index in [4.69, 9.17) is 0 Å². The zero-order valence-electron chi connectivity index (χ0n) is 11.8. The van der Waals surface area contributed by atoms with Crippen LogP contribution in [0.4, 0.5) is 0 Å². The topological polar surface area (TPSA) is 15.3 Å². The molecule has 0 saturated carbocycles. The Hall–Kier alpha value is 0.270. The summed E-state index contributed by atoms with van der Waals surface area (Å²) in [6.45, 7) is 9.19. The molecule has 0 aliphatic rings. The Morgan fingerprint density at radius 3 is 2.31 bits per heavy atom. The summed E-state index contributed by atoms with van der Waals surface area (Å²) in [5, 5.41) is 3.47. The Bertz CT molecular complexity index is 153. The lowest BCUT2D eigenvalue weighted by Crippen LogP contribution is -2.38. The van der Waals surface area contributed by atoms with Gasteiger partial charge in [-0.2, -0.15) is 11.8 Å². The second-order valence-electron chi connectivity index (χ2n) is 4.68. The van der Waals surface area contributed by atoms with Gasteiger partial charge in [0.1, 0.15) is 0 Å². The highest BCUT2D eigenvalue weighted by molar-refractivity contribution is 7.98. The van der Waals surface area contributed by atoms with Crippen molar-refractivity contribution >= 4 is 11.8 Å². The predicted octanol–water partition coefficient (Wildman–Crippen LogP) is 2.84. The highest BCUT2D eigenvalue weighted by Crippen LogP contribution is 2.10. The molecule has 16 heavy (non-hydrogen) atoms. The van der Waals surface area contributed by atoms with Gasteiger partial charge < -0.3 is 10.2 Å². The van der Waals surface area contributed by atoms with E-state index >= 15 is 0 Å². The van der Waals surface area contributed by atoms with E-state index in [-0.39, 0.29) is 0 Å². The maximum Gasteiger partial charge on any atom is 0.00787 e. The van der Waals surface area contributed by atoms with E-state index in [1.807, 2.05) is 11.8 Å². The third-order valence-electron chi connectivity index (χ3n) is 3.30. The Morgan fingerprint density at radius 2 is 1.75 bits per heavy atom. The van der Waals surface area contributed by atoms with Crippen LogP contribution in [0, 0.1) is 0 Å². The summed E-state index contributed by atoms with van der Waals surface area (Å²) in [5.74, 6) is 1.27. The fourth-order valence-electron chi connectivity index (χ4n) is 1.74. The van der Waals surface area contributed by atoms with Crippen molar-refractivity contribution in [2.45, 2.75) is 52.1 Å². The molecule has 98 valence electrons. The number of nitrogens with zero attached hydrogens (tertiary/aromatic N) is 1. The first-order chi connectivity index (χ1) is 7.63. The van der Waals surface area contributed by atoms with Crippen LogP contribution in [0.1, 0.15) is 40.0 Å². The zero-order chi connectivity index (χ0) is 12.4. The lowest BCUT2D eigenvalue weighted by atomic mass is 10.1. The minimum Gasteiger partial charge on any atom is -0.317 e. The van der Waals surface area contributed by atoms with Crippen molar-refractivity contribution in [1.29, 1.82) is 0 Å². The third-order valence-corrected chi connectivity index (χ3v) is 3.94. The number of thioether (sulfide) groups is 1. The van der Waals surface area contributed by atoms with Crippen LogP contribution >= 0.6 is 11.8 Å². The average Bonchev–Trinajstić information content (AvgIpc) is 2.30. The van der Waals surface area contributed by atoms with Crippen LogP contribution in [0.2, 0.25) is 0 Å². The minimum atomic E-state index is 0.682. The number of rotatable bonds is 10. The van der Waals surface area contributed by atoms with Crippen molar-refractivity contribution in [1.82, 2.24) is 10.2 Å². The summed E-state index contributed by atoms with van der Waals surface area (Å²) in [5.41, 5.74) is 0. The van der Waals surface area contributed by atoms with Gasteiger partial charge in [0.05, 0.1) is 0 Å². The molecule has 0 aromatic heterocycles. The van der Waals surface area contributed by atoms with Crippen LogP contribution in [0.25, 0.3) is 0 Å². The summed E-state index contributed by atoms with van der Waals surface area (Å²) >= 11 is 1.94. The number of hydrogen-bond acceptors (Lipinski definition) is 3. The summed E-state index contributed by atoms with van der Waals surface area (Å²) in [6.07, 6.45) is 5.96. The lowest BCUT2D eigenvalue weighted by molar-refractivity contribution is 0.183. The van der Waals surface area contributed by atoms with Crippen LogP contribution in [-0.4, -0.2) is 49.1 Å². The molecule has 0 bridgehead atoms. The van der Waals surface area contributed by atoms with Gasteiger partial charge in [0.25, 0.3) is 0 Å². The smallest absolute Gasteiger partial charge is 0.00787 e. The monoisotopic (exact) mass is 246 g/mol. The first-order valence-electron chi connectivity index (χ1n) is 6.55. The van der Waals surface area contributed by atoms with Crippen molar-refractivity contribution in [3.63, 3.8) is 0 Å². The second kappa shape index (κ2) is 10.4. The molecule has 0 aliphatic carbocycles. The van der Waals surface area contributed by atoms with Gasteiger partial charge in [-0.3, -0.25) is 0 Å². The molecule has 0 aromatic rings. The molecule has 0 heterocycles. The molecule has 2 nitrogen and oxygen atoms in total. The first-order valence-corrected chi connectivity index (χ1v) is 7.94. The second-order valence-corrected chi connectivity index (χ2v) is 5.67. The maximum absolute atomic E-state index is 3.47. The Morgan fingerprint density at radius 1 is 1.12 bits per heavy atom. The van der Waals surface area contributed by atoms with Gasteiger partial charge in [-0.1, -0.05) is 6.92 Å². The number of nitrogens with one attached hydrogen (secondary N) is 1. The highest BCUT2D eigenvalue weighted by Gasteiger charge is 2.14. The van der Waals surface area contributed by atoms with E-state index in [0.717, 1.165) is 13.1 Å². The largest absolute Gasteiger partial charge is 0.317 e. The van der Waals surface area contributed by atoms with Crippen LogP contribution in [0.5, 0.6) is 0 Å². The summed E-state index contributed by atoms with van der Waals surface area (Å²) in [7, 11) is 2.26. The van der Waals surface area contributed by atoms with E-state index in [2.05, 4.69) is 44.3 Å². The zero-order valence-corrected chi connectivity index (χ0v) is 12.6. The van der Waals surface area contributed by atoms with Crippen molar-refractivity contribution < 1.29 is 0 Å². The molecule has 0 aliphatic heterocycles. The third kappa shape index (κ3) is 7.53. The highest BCUT2D eigenvalue weighted by atomic mass is 32.2. The van der Waals surface area contributed by atoms with Gasteiger partial charge in [-0.25, -0.2) is 0 Å². The van der Waals surface area contributed by atoms with Gasteiger partial charge in [0.2, 0.25) is 0 Å². The molecule has 0 aromatic carbocycles. The van der Waals surface area contributed by atoms with Gasteiger partial charge in [-0.15, -0.1) is 0 Å². The SMILES string of the molecule is CCCNCCC(C)N(C)C(C)CCSC. The molecule has 0 rings (SSSR count). The summed E-state index contributed by atoms with van der Waals surface area (Å²) in [6, 6.07) is 1.38. The van der Waals surface area contributed by atoms with E-state index in [1.54, 1.807) is 0 Å². The van der Waals surface area contributed by atoms with Gasteiger partial charge in [0.15, 0.2) is 0 Å². The molecule has 2 unspecified atom stereocenters. The predicted molar refractivity (Wildman–Crippen MR) is 77.5 cm³/mol. The normalized spacial score (nSPS) is 15.4. The molecule has 0 amide bonds. The molecular formula is C13H30N2S. The van der Waals surface area contributed by atoms with Crippen molar-refractivity contribution in [2.75, 3.05) is 32.1 Å². The summed E-state index contributed by atoms with van der Waals surface area (Å²) < 4.78 is 0. The van der Waals surface area contributed by atoms with Crippen molar-refractivity contribution in [3.8, 4) is 0 Å². The Balaban J connectivity index is 3.66. The lowest BCUT2D eigenvalue weighted by Gasteiger charge is -2.31. The molecule has 3 heteroatoms. The minimum absolute atomic E-state index is 0.682. The Kier molecular flexibility index (Phi) is 10.6. The molecule has 0 saturated heterocycles. The maximum atomic E-state index is 3.47. The fraction of sp³-hybridized carbons (Fsp3) is 1.00. The van der Waals surface area contributed by atoms with Crippen molar-refractivity contribution in [3.05, 3.63) is 0 Å². The molecular weight excluding hydrogens is 216 g/mol. The fourth-order valence-corrected chi connectivity index (χ4v) is 2.32.